The molecule has 1 aliphatic heterocycles. The number of hydrogen-bond donors (Lipinski definition) is 3. The normalized spacial score (nSPS) is 23.0. The molecule has 1 aromatic carbocycles. The van der Waals surface area contributed by atoms with Crippen LogP contribution >= 0.6 is 11.6 Å². The average molecular weight is 312 g/mol. The number of carbonyl (C=O) groups is 1. The molecule has 6 heteroatoms. The van der Waals surface area contributed by atoms with Gasteiger partial charge >= 0.3 is 0 Å². The minimum absolute atomic E-state index is 0.0669. The van der Waals surface area contributed by atoms with E-state index in [0.29, 0.717) is 29.4 Å². The number of nitrogen functional groups attached to an aromatic ring is 1. The topological polar surface area (TPSA) is 78.6 Å². The summed E-state index contributed by atoms with van der Waals surface area (Å²) >= 11 is 5.82. The molecule has 0 aromatic heterocycles. The van der Waals surface area contributed by atoms with Gasteiger partial charge in [0.15, 0.2) is 0 Å². The highest BCUT2D eigenvalue weighted by Gasteiger charge is 2.24. The van der Waals surface area contributed by atoms with E-state index in [1.54, 1.807) is 18.2 Å². The van der Waals surface area contributed by atoms with E-state index in [0.717, 1.165) is 19.5 Å². The van der Waals surface area contributed by atoms with Crippen LogP contribution in [0, 0.1) is 5.92 Å². The summed E-state index contributed by atoms with van der Waals surface area (Å²) in [7, 11) is 0. The quantitative estimate of drug-likeness (QED) is 0.743. The largest absolute Gasteiger partial charge is 0.397 e. The standard InChI is InChI=1S/C15H22ClN3O2/c1-10-9-19(6-4-14(10)20)7-5-15(21)18-13-3-2-11(16)8-12(13)17/h2-3,8,10,14,20H,4-7,9,17H2,1H3,(H,18,21). The lowest BCUT2D eigenvalue weighted by atomic mass is 9.97. The first kappa shape index (κ1) is 16.1. The molecule has 4 N–H and O–H groups in total. The molecule has 0 spiro atoms. The van der Waals surface area contributed by atoms with Gasteiger partial charge in [0.25, 0.3) is 0 Å². The number of nitrogens with one attached hydrogen (secondary N) is 1. The van der Waals surface area contributed by atoms with Crippen molar-refractivity contribution in [1.29, 1.82) is 0 Å². The summed E-state index contributed by atoms with van der Waals surface area (Å²) in [4.78, 5) is 14.2. The number of rotatable bonds is 4. The van der Waals surface area contributed by atoms with E-state index in [1.807, 2.05) is 6.92 Å². The molecule has 2 unspecified atom stereocenters. The highest BCUT2D eigenvalue weighted by Crippen LogP contribution is 2.23. The monoisotopic (exact) mass is 311 g/mol. The molecule has 1 fully saturated rings. The minimum atomic E-state index is -0.219. The first-order valence-electron chi connectivity index (χ1n) is 7.21. The number of piperidine rings is 1. The summed E-state index contributed by atoms with van der Waals surface area (Å²) in [5.41, 5.74) is 6.86. The molecule has 0 saturated carbocycles. The lowest BCUT2D eigenvalue weighted by molar-refractivity contribution is -0.116. The van der Waals surface area contributed by atoms with E-state index in [2.05, 4.69) is 10.2 Å². The van der Waals surface area contributed by atoms with E-state index in [-0.39, 0.29) is 17.9 Å². The Hall–Kier alpha value is -1.30. The number of nitrogens with zero attached hydrogens (tertiary/aromatic N) is 1. The van der Waals surface area contributed by atoms with Crippen molar-refractivity contribution in [3.05, 3.63) is 23.2 Å². The molecule has 5 nitrogen and oxygen atoms in total. The number of benzene rings is 1. The molecule has 1 amide bonds. The van der Waals surface area contributed by atoms with Crippen molar-refractivity contribution >= 4 is 28.9 Å². The first-order chi connectivity index (χ1) is 9.95. The summed E-state index contributed by atoms with van der Waals surface area (Å²) < 4.78 is 0. The van der Waals surface area contributed by atoms with Crippen molar-refractivity contribution in [2.45, 2.75) is 25.9 Å². The third-order valence-corrected chi connectivity index (χ3v) is 4.12. The van der Waals surface area contributed by atoms with Crippen molar-refractivity contribution < 1.29 is 9.90 Å². The molecule has 116 valence electrons. The number of likely N-dealkylation sites (tertiary alicyclic amines) is 1. The molecule has 0 radical (unpaired) electrons. The van der Waals surface area contributed by atoms with Gasteiger partial charge in [-0.3, -0.25) is 4.79 Å². The smallest absolute Gasteiger partial charge is 0.225 e. The molecule has 0 aliphatic carbocycles. The third-order valence-electron chi connectivity index (χ3n) is 3.89. The minimum Gasteiger partial charge on any atom is -0.397 e. The van der Waals surface area contributed by atoms with Crippen LogP contribution in [0.1, 0.15) is 19.8 Å². The molecule has 0 bridgehead atoms. The Bertz CT molecular complexity index is 510. The third kappa shape index (κ3) is 4.59. The Morgan fingerprint density at radius 1 is 1.57 bits per heavy atom. The van der Waals surface area contributed by atoms with Crippen molar-refractivity contribution in [2.75, 3.05) is 30.7 Å². The Kier molecular flexibility index (Phi) is 5.45. The summed E-state index contributed by atoms with van der Waals surface area (Å²) in [5, 5.41) is 13.0. The molecule has 2 rings (SSSR count). The summed E-state index contributed by atoms with van der Waals surface area (Å²) in [6, 6.07) is 5.01. The van der Waals surface area contributed by atoms with E-state index in [9.17, 15) is 9.90 Å². The second-order valence-corrected chi connectivity index (χ2v) is 6.10. The maximum atomic E-state index is 12.0. The van der Waals surface area contributed by atoms with Gasteiger partial charge in [0.05, 0.1) is 17.5 Å². The lowest BCUT2D eigenvalue weighted by Gasteiger charge is -2.34. The van der Waals surface area contributed by atoms with Crippen LogP contribution in [-0.2, 0) is 4.79 Å². The van der Waals surface area contributed by atoms with Gasteiger partial charge in [-0.05, 0) is 30.5 Å². The van der Waals surface area contributed by atoms with Crippen LogP contribution in [0.4, 0.5) is 11.4 Å². The van der Waals surface area contributed by atoms with Gasteiger partial charge in [0.2, 0.25) is 5.91 Å². The van der Waals surface area contributed by atoms with E-state index < -0.39 is 0 Å². The van der Waals surface area contributed by atoms with E-state index in [1.165, 1.54) is 0 Å². The van der Waals surface area contributed by atoms with Crippen LogP contribution in [-0.4, -0.2) is 41.7 Å². The van der Waals surface area contributed by atoms with Gasteiger partial charge in [0, 0.05) is 31.1 Å². The second-order valence-electron chi connectivity index (χ2n) is 5.66. The van der Waals surface area contributed by atoms with Gasteiger partial charge < -0.3 is 21.1 Å². The predicted octanol–water partition coefficient (Wildman–Crippen LogP) is 1.95. The number of halogens is 1. The van der Waals surface area contributed by atoms with Crippen LogP contribution in [0.15, 0.2) is 18.2 Å². The Labute approximate surface area is 130 Å². The number of nitrogens with two attached hydrogens (primary N) is 1. The molecule has 1 saturated heterocycles. The SMILES string of the molecule is CC1CN(CCC(=O)Nc2ccc(Cl)cc2N)CCC1O. The van der Waals surface area contributed by atoms with Gasteiger partial charge in [-0.15, -0.1) is 0 Å². The summed E-state index contributed by atoms with van der Waals surface area (Å²) in [6.45, 7) is 4.39. The zero-order valence-electron chi connectivity index (χ0n) is 12.2. The number of carbonyl (C=O) groups excluding carboxylic acids is 1. The number of aliphatic hydroxyl groups excluding tert-OH is 1. The van der Waals surface area contributed by atoms with Crippen LogP contribution in [0.3, 0.4) is 0 Å². The van der Waals surface area contributed by atoms with Crippen molar-refractivity contribution in [2.24, 2.45) is 5.92 Å². The molecular formula is C15H22ClN3O2. The van der Waals surface area contributed by atoms with Gasteiger partial charge in [-0.1, -0.05) is 18.5 Å². The second kappa shape index (κ2) is 7.11. The first-order valence-corrected chi connectivity index (χ1v) is 7.59. The van der Waals surface area contributed by atoms with Gasteiger partial charge in [0.1, 0.15) is 0 Å². The fourth-order valence-corrected chi connectivity index (χ4v) is 2.72. The molecular weight excluding hydrogens is 290 g/mol. The van der Waals surface area contributed by atoms with Crippen LogP contribution in [0.5, 0.6) is 0 Å². The maximum absolute atomic E-state index is 12.0. The van der Waals surface area contributed by atoms with E-state index >= 15 is 0 Å². The number of anilines is 2. The fourth-order valence-electron chi connectivity index (χ4n) is 2.54. The highest BCUT2D eigenvalue weighted by atomic mass is 35.5. The van der Waals surface area contributed by atoms with Crippen LogP contribution in [0.2, 0.25) is 5.02 Å². The highest BCUT2D eigenvalue weighted by molar-refractivity contribution is 6.31. The Morgan fingerprint density at radius 2 is 2.33 bits per heavy atom. The van der Waals surface area contributed by atoms with Gasteiger partial charge in [-0.2, -0.15) is 0 Å². The zero-order chi connectivity index (χ0) is 15.4. The zero-order valence-corrected chi connectivity index (χ0v) is 12.9. The Balaban J connectivity index is 1.80. The van der Waals surface area contributed by atoms with Crippen LogP contribution < -0.4 is 11.1 Å². The van der Waals surface area contributed by atoms with Crippen molar-refractivity contribution in [1.82, 2.24) is 4.90 Å². The summed E-state index contributed by atoms with van der Waals surface area (Å²) in [6.07, 6.45) is 0.960. The molecule has 2 atom stereocenters. The number of hydrogen-bond acceptors (Lipinski definition) is 4. The Morgan fingerprint density at radius 3 is 3.00 bits per heavy atom. The van der Waals surface area contributed by atoms with Gasteiger partial charge in [-0.25, -0.2) is 0 Å². The maximum Gasteiger partial charge on any atom is 0.225 e. The number of amides is 1. The number of aliphatic hydroxyl groups is 1. The van der Waals surface area contributed by atoms with Crippen molar-refractivity contribution in [3.8, 4) is 0 Å². The van der Waals surface area contributed by atoms with Crippen molar-refractivity contribution in [3.63, 3.8) is 0 Å². The fraction of sp³-hybridized carbons (Fsp3) is 0.533. The molecule has 1 aliphatic rings. The molecule has 1 heterocycles. The van der Waals surface area contributed by atoms with Crippen LogP contribution in [0.25, 0.3) is 0 Å². The lowest BCUT2D eigenvalue weighted by Crippen LogP contribution is -2.42. The van der Waals surface area contributed by atoms with E-state index in [4.69, 9.17) is 17.3 Å². The molecule has 21 heavy (non-hydrogen) atoms. The molecule has 1 aromatic rings. The average Bonchev–Trinajstić information content (AvgIpc) is 2.43. The predicted molar refractivity (Wildman–Crippen MR) is 85.3 cm³/mol. The summed E-state index contributed by atoms with van der Waals surface area (Å²) in [5.74, 6) is 0.191.